The molecular weight excluding hydrogens is 256 g/mol. The van der Waals surface area contributed by atoms with Crippen molar-refractivity contribution in [3.8, 4) is 5.75 Å². The zero-order chi connectivity index (χ0) is 14.4. The molecule has 2 N–H and O–H groups in total. The van der Waals surface area contributed by atoms with Gasteiger partial charge in [0.05, 0.1) is 0 Å². The third-order valence-corrected chi connectivity index (χ3v) is 2.90. The van der Waals surface area contributed by atoms with E-state index in [1.165, 1.54) is 5.56 Å². The predicted molar refractivity (Wildman–Crippen MR) is 75.5 cm³/mol. The fourth-order valence-corrected chi connectivity index (χ4v) is 1.99. The van der Waals surface area contributed by atoms with Crippen LogP contribution in [0.4, 0.5) is 0 Å². The van der Waals surface area contributed by atoms with E-state index in [1.54, 1.807) is 7.11 Å². The van der Waals surface area contributed by atoms with Crippen LogP contribution in [0.15, 0.2) is 28.8 Å². The average molecular weight is 276 g/mol. The van der Waals surface area contributed by atoms with Crippen molar-refractivity contribution in [1.82, 2.24) is 5.16 Å². The first-order valence-electron chi connectivity index (χ1n) is 6.58. The summed E-state index contributed by atoms with van der Waals surface area (Å²) >= 11 is 0. The van der Waals surface area contributed by atoms with Crippen LogP contribution in [0.1, 0.15) is 22.6 Å². The Bertz CT molecular complexity index is 552. The lowest BCUT2D eigenvalue weighted by atomic mass is 10.1. The number of ether oxygens (including phenoxy) is 2. The summed E-state index contributed by atoms with van der Waals surface area (Å²) in [6, 6.07) is 7.92. The van der Waals surface area contributed by atoms with E-state index in [2.05, 4.69) is 18.1 Å². The summed E-state index contributed by atoms with van der Waals surface area (Å²) in [4.78, 5) is 0. The number of aryl methyl sites for hydroxylation is 1. The first kappa shape index (κ1) is 14.6. The molecule has 1 aromatic heterocycles. The zero-order valence-electron chi connectivity index (χ0n) is 11.9. The van der Waals surface area contributed by atoms with Crippen LogP contribution in [0, 0.1) is 6.92 Å². The molecule has 0 aliphatic carbocycles. The molecule has 1 aromatic carbocycles. The van der Waals surface area contributed by atoms with Gasteiger partial charge in [-0.25, -0.2) is 0 Å². The van der Waals surface area contributed by atoms with E-state index in [0.29, 0.717) is 25.5 Å². The van der Waals surface area contributed by atoms with Gasteiger partial charge in [0.25, 0.3) is 0 Å². The molecule has 5 heteroatoms. The van der Waals surface area contributed by atoms with Crippen molar-refractivity contribution in [3.05, 3.63) is 46.8 Å². The van der Waals surface area contributed by atoms with Crippen LogP contribution in [-0.4, -0.2) is 18.8 Å². The molecule has 0 aliphatic rings. The Kier molecular flexibility index (Phi) is 5.15. The summed E-state index contributed by atoms with van der Waals surface area (Å²) in [5.74, 6) is 1.54. The van der Waals surface area contributed by atoms with Gasteiger partial charge < -0.3 is 19.7 Å². The lowest BCUT2D eigenvalue weighted by molar-refractivity contribution is 0.155. The van der Waals surface area contributed by atoms with Crippen molar-refractivity contribution in [3.63, 3.8) is 0 Å². The summed E-state index contributed by atoms with van der Waals surface area (Å²) in [6.45, 7) is 3.43. The highest BCUT2D eigenvalue weighted by Crippen LogP contribution is 2.21. The monoisotopic (exact) mass is 276 g/mol. The normalized spacial score (nSPS) is 10.8. The highest BCUT2D eigenvalue weighted by Gasteiger charge is 2.07. The highest BCUT2D eigenvalue weighted by atomic mass is 16.5. The molecule has 0 saturated carbocycles. The van der Waals surface area contributed by atoms with Crippen molar-refractivity contribution in [2.45, 2.75) is 26.6 Å². The molecule has 0 saturated heterocycles. The van der Waals surface area contributed by atoms with Crippen molar-refractivity contribution < 1.29 is 14.0 Å². The Morgan fingerprint density at radius 2 is 2.10 bits per heavy atom. The smallest absolute Gasteiger partial charge is 0.162 e. The third-order valence-electron chi connectivity index (χ3n) is 2.90. The molecule has 0 bridgehead atoms. The Hall–Kier alpha value is -1.85. The van der Waals surface area contributed by atoms with Gasteiger partial charge in [0.15, 0.2) is 5.76 Å². The van der Waals surface area contributed by atoms with Crippen molar-refractivity contribution in [2.75, 3.05) is 13.7 Å². The molecule has 0 amide bonds. The molecule has 108 valence electrons. The van der Waals surface area contributed by atoms with Crippen LogP contribution < -0.4 is 10.5 Å². The minimum Gasteiger partial charge on any atom is -0.487 e. The van der Waals surface area contributed by atoms with Gasteiger partial charge in [0, 0.05) is 13.2 Å². The lowest BCUT2D eigenvalue weighted by Gasteiger charge is -2.10. The van der Waals surface area contributed by atoms with Crippen LogP contribution in [0.25, 0.3) is 0 Å². The van der Waals surface area contributed by atoms with E-state index in [9.17, 15) is 0 Å². The summed E-state index contributed by atoms with van der Waals surface area (Å²) in [5, 5.41) is 3.94. The highest BCUT2D eigenvalue weighted by molar-refractivity contribution is 5.37. The zero-order valence-corrected chi connectivity index (χ0v) is 11.9. The maximum atomic E-state index is 5.80. The van der Waals surface area contributed by atoms with Gasteiger partial charge in [-0.2, -0.15) is 0 Å². The van der Waals surface area contributed by atoms with E-state index < -0.39 is 0 Å². The Balaban J connectivity index is 2.02. The second kappa shape index (κ2) is 7.07. The van der Waals surface area contributed by atoms with E-state index >= 15 is 0 Å². The van der Waals surface area contributed by atoms with Gasteiger partial charge in [0.2, 0.25) is 0 Å². The molecule has 20 heavy (non-hydrogen) atoms. The molecule has 1 heterocycles. The summed E-state index contributed by atoms with van der Waals surface area (Å²) < 4.78 is 15.9. The second-order valence-corrected chi connectivity index (χ2v) is 4.66. The molecule has 0 fully saturated rings. The largest absolute Gasteiger partial charge is 0.487 e. The Morgan fingerprint density at radius 1 is 1.25 bits per heavy atom. The number of hydrogen-bond donors (Lipinski definition) is 1. The predicted octanol–water partition coefficient (Wildman–Crippen LogP) is 2.21. The van der Waals surface area contributed by atoms with Crippen molar-refractivity contribution in [1.29, 1.82) is 0 Å². The van der Waals surface area contributed by atoms with E-state index in [4.69, 9.17) is 19.7 Å². The quantitative estimate of drug-likeness (QED) is 0.839. The van der Waals surface area contributed by atoms with Crippen LogP contribution in [0.3, 0.4) is 0 Å². The third kappa shape index (κ3) is 3.82. The fraction of sp³-hybridized carbons (Fsp3) is 0.400. The molecule has 0 spiro atoms. The van der Waals surface area contributed by atoms with Crippen LogP contribution in [0.5, 0.6) is 5.75 Å². The molecule has 0 atom stereocenters. The molecule has 0 unspecified atom stereocenters. The number of nitrogens with two attached hydrogens (primary N) is 1. The van der Waals surface area contributed by atoms with E-state index in [-0.39, 0.29) is 0 Å². The van der Waals surface area contributed by atoms with E-state index in [1.807, 2.05) is 18.2 Å². The molecule has 5 nitrogen and oxygen atoms in total. The van der Waals surface area contributed by atoms with Crippen LogP contribution in [-0.2, 0) is 24.4 Å². The van der Waals surface area contributed by atoms with Crippen LogP contribution >= 0.6 is 0 Å². The molecular formula is C15H20N2O3. The van der Waals surface area contributed by atoms with Crippen molar-refractivity contribution >= 4 is 0 Å². The number of hydrogen-bond acceptors (Lipinski definition) is 5. The van der Waals surface area contributed by atoms with Crippen molar-refractivity contribution in [2.24, 2.45) is 5.73 Å². The number of rotatable bonds is 7. The number of benzene rings is 1. The number of nitrogens with zero attached hydrogens (tertiary/aromatic N) is 1. The van der Waals surface area contributed by atoms with E-state index in [0.717, 1.165) is 23.4 Å². The molecule has 0 radical (unpaired) electrons. The van der Waals surface area contributed by atoms with Gasteiger partial charge >= 0.3 is 0 Å². The van der Waals surface area contributed by atoms with Crippen LogP contribution in [0.2, 0.25) is 0 Å². The minimum atomic E-state index is 0.369. The van der Waals surface area contributed by atoms with Gasteiger partial charge in [-0.05, 0) is 31.5 Å². The molecule has 2 aromatic rings. The molecule has 2 rings (SSSR count). The topological polar surface area (TPSA) is 70.5 Å². The molecule has 0 aliphatic heterocycles. The summed E-state index contributed by atoms with van der Waals surface area (Å²) in [5.41, 5.74) is 8.69. The lowest BCUT2D eigenvalue weighted by Crippen LogP contribution is -2.06. The van der Waals surface area contributed by atoms with Gasteiger partial charge in [-0.3, -0.25) is 0 Å². The number of aromatic nitrogens is 1. The first-order valence-corrected chi connectivity index (χ1v) is 6.58. The maximum Gasteiger partial charge on any atom is 0.162 e. The van der Waals surface area contributed by atoms with Gasteiger partial charge in [-0.1, -0.05) is 22.9 Å². The minimum absolute atomic E-state index is 0.369. The standard InChI is InChI=1S/C15H20N2O3/c1-11-3-4-15(12(7-11)5-6-16)19-9-13-8-14(10-18-2)20-17-13/h3-4,7-8H,5-6,9-10,16H2,1-2H3. The Labute approximate surface area is 118 Å². The second-order valence-electron chi connectivity index (χ2n) is 4.66. The van der Waals surface area contributed by atoms with Gasteiger partial charge in [0.1, 0.15) is 24.7 Å². The maximum absolute atomic E-state index is 5.80. The van der Waals surface area contributed by atoms with Gasteiger partial charge in [-0.15, -0.1) is 0 Å². The SMILES string of the molecule is COCc1cc(COc2ccc(C)cc2CCN)no1. The average Bonchev–Trinajstić information content (AvgIpc) is 2.86. The summed E-state index contributed by atoms with van der Waals surface area (Å²) in [6.07, 6.45) is 0.796. The fourth-order valence-electron chi connectivity index (χ4n) is 1.99. The first-order chi connectivity index (χ1) is 9.72. The summed E-state index contributed by atoms with van der Waals surface area (Å²) in [7, 11) is 1.62. The number of methoxy groups -OCH3 is 1. The Morgan fingerprint density at radius 3 is 2.85 bits per heavy atom.